The number of hydrogen-bond donors (Lipinski definition) is 1. The largest absolute Gasteiger partial charge is 0.329 e. The smallest absolute Gasteiger partial charge is 0.0863 e. The molecule has 4 nitrogen and oxygen atoms in total. The van der Waals surface area contributed by atoms with Crippen LogP contribution in [0.5, 0.6) is 0 Å². The van der Waals surface area contributed by atoms with Crippen LogP contribution in [0.4, 0.5) is 0 Å². The van der Waals surface area contributed by atoms with Gasteiger partial charge in [0, 0.05) is 32.7 Å². The number of hydrogen-bond acceptors (Lipinski definition) is 3. The summed E-state index contributed by atoms with van der Waals surface area (Å²) in [7, 11) is 1.95. The Balaban J connectivity index is 2.88. The zero-order chi connectivity index (χ0) is 13.0. The summed E-state index contributed by atoms with van der Waals surface area (Å²) in [6.07, 6.45) is 0.866. The van der Waals surface area contributed by atoms with Gasteiger partial charge in [0.25, 0.3) is 0 Å². The third kappa shape index (κ3) is 3.44. The van der Waals surface area contributed by atoms with Crippen LogP contribution in [-0.4, -0.2) is 33.8 Å². The summed E-state index contributed by atoms with van der Waals surface area (Å²) in [6.45, 7) is 8.74. The number of nitrogens with two attached hydrogens (primary N) is 1. The molecule has 0 aliphatic heterocycles. The molecule has 1 heterocycles. The quantitative estimate of drug-likeness (QED) is 0.847. The molecular weight excluding hydrogens is 236 g/mol. The molecule has 0 radical (unpaired) electrons. The number of halogens is 1. The summed E-state index contributed by atoms with van der Waals surface area (Å²) >= 11 is 6.34. The Morgan fingerprint density at radius 1 is 1.47 bits per heavy atom. The van der Waals surface area contributed by atoms with Gasteiger partial charge in [-0.2, -0.15) is 5.10 Å². The van der Waals surface area contributed by atoms with Crippen LogP contribution < -0.4 is 5.73 Å². The third-order valence-corrected chi connectivity index (χ3v) is 3.44. The van der Waals surface area contributed by atoms with Crippen molar-refractivity contribution in [1.82, 2.24) is 14.7 Å². The van der Waals surface area contributed by atoms with E-state index in [1.807, 2.05) is 11.7 Å². The lowest BCUT2D eigenvalue weighted by atomic mass is 10.2. The van der Waals surface area contributed by atoms with Gasteiger partial charge in [0.1, 0.15) is 0 Å². The first-order chi connectivity index (χ1) is 8.01. The topological polar surface area (TPSA) is 47.1 Å². The Morgan fingerprint density at radius 2 is 2.12 bits per heavy atom. The minimum absolute atomic E-state index is 0.453. The van der Waals surface area contributed by atoms with Crippen LogP contribution in [0.2, 0.25) is 5.02 Å². The molecule has 0 amide bonds. The first kappa shape index (κ1) is 14.5. The second-order valence-corrected chi connectivity index (χ2v) is 4.92. The summed E-state index contributed by atoms with van der Waals surface area (Å²) < 4.78 is 1.88. The molecule has 0 saturated heterocycles. The van der Waals surface area contributed by atoms with Crippen LogP contribution in [0.3, 0.4) is 0 Å². The van der Waals surface area contributed by atoms with E-state index in [0.29, 0.717) is 12.6 Å². The average Bonchev–Trinajstić information content (AvgIpc) is 2.55. The number of rotatable bonds is 6. The molecule has 0 saturated carbocycles. The molecule has 1 rings (SSSR count). The lowest BCUT2D eigenvalue weighted by Crippen LogP contribution is -2.35. The number of aryl methyl sites for hydroxylation is 2. The summed E-state index contributed by atoms with van der Waals surface area (Å²) in [4.78, 5) is 2.31. The maximum atomic E-state index is 6.34. The van der Waals surface area contributed by atoms with Crippen molar-refractivity contribution in [2.45, 2.75) is 39.8 Å². The fourth-order valence-electron chi connectivity index (χ4n) is 1.87. The van der Waals surface area contributed by atoms with Gasteiger partial charge >= 0.3 is 0 Å². The molecule has 0 unspecified atom stereocenters. The molecule has 1 aromatic rings. The zero-order valence-electron chi connectivity index (χ0n) is 11.2. The van der Waals surface area contributed by atoms with Gasteiger partial charge in [-0.1, -0.05) is 18.5 Å². The van der Waals surface area contributed by atoms with Gasteiger partial charge in [0.15, 0.2) is 0 Å². The van der Waals surface area contributed by atoms with Crippen molar-refractivity contribution < 1.29 is 0 Å². The Morgan fingerprint density at radius 3 is 2.53 bits per heavy atom. The van der Waals surface area contributed by atoms with Gasteiger partial charge in [0.2, 0.25) is 0 Å². The Hall–Kier alpha value is -0.580. The van der Waals surface area contributed by atoms with Crippen LogP contribution in [0.25, 0.3) is 0 Å². The van der Waals surface area contributed by atoms with Crippen molar-refractivity contribution in [1.29, 1.82) is 0 Å². The summed E-state index contributed by atoms with van der Waals surface area (Å²) in [6, 6.07) is 0.453. The molecule has 0 bridgehead atoms. The fourth-order valence-corrected chi connectivity index (χ4v) is 2.22. The Bertz CT molecular complexity index is 360. The van der Waals surface area contributed by atoms with Gasteiger partial charge in [-0.3, -0.25) is 9.58 Å². The molecular formula is C12H23ClN4. The number of aromatic nitrogens is 2. The number of nitrogens with zero attached hydrogens (tertiary/aromatic N) is 3. The SMILES string of the molecule is CCc1nn(C)c(CN(CCN)C(C)C)c1Cl. The van der Waals surface area contributed by atoms with E-state index in [4.69, 9.17) is 17.3 Å². The molecule has 0 aromatic carbocycles. The van der Waals surface area contributed by atoms with Crippen molar-refractivity contribution >= 4 is 11.6 Å². The van der Waals surface area contributed by atoms with E-state index in [1.54, 1.807) is 0 Å². The highest BCUT2D eigenvalue weighted by Crippen LogP contribution is 2.22. The van der Waals surface area contributed by atoms with E-state index in [9.17, 15) is 0 Å². The lowest BCUT2D eigenvalue weighted by molar-refractivity contribution is 0.214. The van der Waals surface area contributed by atoms with Crippen molar-refractivity contribution in [2.24, 2.45) is 12.8 Å². The summed E-state index contributed by atoms with van der Waals surface area (Å²) in [5, 5.41) is 5.23. The lowest BCUT2D eigenvalue weighted by Gasteiger charge is -2.25. The molecule has 5 heteroatoms. The predicted molar refractivity (Wildman–Crippen MR) is 72.2 cm³/mol. The van der Waals surface area contributed by atoms with Gasteiger partial charge < -0.3 is 5.73 Å². The minimum atomic E-state index is 0.453. The van der Waals surface area contributed by atoms with E-state index in [0.717, 1.165) is 35.9 Å². The highest BCUT2D eigenvalue weighted by molar-refractivity contribution is 6.31. The van der Waals surface area contributed by atoms with Gasteiger partial charge in [0.05, 0.1) is 16.4 Å². The van der Waals surface area contributed by atoms with Crippen LogP contribution in [0, 0.1) is 0 Å². The van der Waals surface area contributed by atoms with Gasteiger partial charge in [-0.25, -0.2) is 0 Å². The molecule has 98 valence electrons. The van der Waals surface area contributed by atoms with E-state index >= 15 is 0 Å². The second kappa shape index (κ2) is 6.38. The third-order valence-electron chi connectivity index (χ3n) is 3.00. The molecule has 0 aliphatic carbocycles. The first-order valence-corrected chi connectivity index (χ1v) is 6.53. The average molecular weight is 259 g/mol. The highest BCUT2D eigenvalue weighted by atomic mass is 35.5. The molecule has 2 N–H and O–H groups in total. The highest BCUT2D eigenvalue weighted by Gasteiger charge is 2.17. The molecule has 1 aromatic heterocycles. The molecule has 0 atom stereocenters. The molecule has 0 spiro atoms. The minimum Gasteiger partial charge on any atom is -0.329 e. The van der Waals surface area contributed by atoms with Crippen LogP contribution in [-0.2, 0) is 20.0 Å². The zero-order valence-corrected chi connectivity index (χ0v) is 12.0. The maximum Gasteiger partial charge on any atom is 0.0863 e. The van der Waals surface area contributed by atoms with Crippen molar-refractivity contribution in [3.63, 3.8) is 0 Å². The van der Waals surface area contributed by atoms with Crippen LogP contribution >= 0.6 is 11.6 Å². The van der Waals surface area contributed by atoms with Gasteiger partial charge in [-0.05, 0) is 20.3 Å². The monoisotopic (exact) mass is 258 g/mol. The maximum absolute atomic E-state index is 6.34. The van der Waals surface area contributed by atoms with Crippen molar-refractivity contribution in [3.05, 3.63) is 16.4 Å². The van der Waals surface area contributed by atoms with E-state index in [1.165, 1.54) is 0 Å². The second-order valence-electron chi connectivity index (χ2n) is 4.54. The normalized spacial score (nSPS) is 11.8. The van der Waals surface area contributed by atoms with Gasteiger partial charge in [-0.15, -0.1) is 0 Å². The fraction of sp³-hybridized carbons (Fsp3) is 0.750. The summed E-state index contributed by atoms with van der Waals surface area (Å²) in [5.74, 6) is 0. The standard InChI is InChI=1S/C12H23ClN4/c1-5-10-12(13)11(16(4)15-10)8-17(7-6-14)9(2)3/h9H,5-8,14H2,1-4H3. The first-order valence-electron chi connectivity index (χ1n) is 6.15. The Kier molecular flexibility index (Phi) is 5.43. The Labute approximate surface area is 109 Å². The van der Waals surface area contributed by atoms with E-state index < -0.39 is 0 Å². The molecule has 0 aliphatic rings. The summed E-state index contributed by atoms with van der Waals surface area (Å²) in [5.41, 5.74) is 7.68. The van der Waals surface area contributed by atoms with E-state index in [-0.39, 0.29) is 0 Å². The van der Waals surface area contributed by atoms with E-state index in [2.05, 4.69) is 30.8 Å². The molecule has 0 fully saturated rings. The van der Waals surface area contributed by atoms with Crippen LogP contribution in [0.15, 0.2) is 0 Å². The van der Waals surface area contributed by atoms with Crippen LogP contribution in [0.1, 0.15) is 32.2 Å². The predicted octanol–water partition coefficient (Wildman–Crippen LogP) is 1.81. The van der Waals surface area contributed by atoms with Crippen molar-refractivity contribution in [2.75, 3.05) is 13.1 Å². The van der Waals surface area contributed by atoms with Crippen molar-refractivity contribution in [3.8, 4) is 0 Å². The molecule has 17 heavy (non-hydrogen) atoms.